The molecular formula is C32H36FN3O5. The van der Waals surface area contributed by atoms with Gasteiger partial charge in [-0.1, -0.05) is 49.4 Å². The summed E-state index contributed by atoms with van der Waals surface area (Å²) in [7, 11) is 3.23. The zero-order valence-electron chi connectivity index (χ0n) is 23.8. The van der Waals surface area contributed by atoms with E-state index in [0.29, 0.717) is 11.4 Å². The topological polar surface area (TPSA) is 88.2 Å². The molecule has 8 nitrogen and oxygen atoms in total. The second-order valence-corrected chi connectivity index (χ2v) is 10.5. The first-order valence-corrected chi connectivity index (χ1v) is 13.6. The van der Waals surface area contributed by atoms with Crippen LogP contribution in [0.3, 0.4) is 0 Å². The van der Waals surface area contributed by atoms with E-state index in [1.807, 2.05) is 44.2 Å². The molecule has 1 aliphatic heterocycles. The SMILES string of the molecule is CO[C@H]1CN(C)C(=O)c2cc(NC(=O)Cc3ccccc3)ccc2OC[C@@H](C)N(C(=O)c2ccccc2F)C[C@H]1C. The normalized spacial score (nSPS) is 19.8. The minimum atomic E-state index is -0.592. The first-order valence-electron chi connectivity index (χ1n) is 13.6. The Kier molecular flexibility index (Phi) is 9.73. The Balaban J connectivity index is 1.63. The number of likely N-dealkylation sites (N-methyl/N-ethyl adjacent to an activating group) is 1. The highest BCUT2D eigenvalue weighted by Gasteiger charge is 2.31. The lowest BCUT2D eigenvalue weighted by Crippen LogP contribution is -2.48. The Morgan fingerprint density at radius 3 is 2.44 bits per heavy atom. The monoisotopic (exact) mass is 561 g/mol. The van der Waals surface area contributed by atoms with Gasteiger partial charge in [-0.05, 0) is 42.8 Å². The zero-order valence-corrected chi connectivity index (χ0v) is 23.8. The van der Waals surface area contributed by atoms with E-state index in [2.05, 4.69) is 5.32 Å². The standard InChI is InChI=1S/C32H36FN3O5/c1-21-18-36(32(39)25-12-8-9-13-27(25)33)22(2)20-41-28-15-14-24(34-30(37)16-23-10-6-5-7-11-23)17-26(28)31(38)35(3)19-29(21)40-4/h5-15,17,21-22,29H,16,18-20H2,1-4H3,(H,34,37)/t21-,22-,29+/m1/s1. The minimum absolute atomic E-state index is 0.0174. The highest BCUT2D eigenvalue weighted by molar-refractivity contribution is 6.00. The molecule has 41 heavy (non-hydrogen) atoms. The molecule has 0 saturated heterocycles. The van der Waals surface area contributed by atoms with Crippen LogP contribution < -0.4 is 10.1 Å². The fraction of sp³-hybridized carbons (Fsp3) is 0.344. The van der Waals surface area contributed by atoms with Crippen LogP contribution in [0.5, 0.6) is 5.75 Å². The molecule has 0 radical (unpaired) electrons. The van der Waals surface area contributed by atoms with Crippen molar-refractivity contribution in [1.29, 1.82) is 0 Å². The van der Waals surface area contributed by atoms with Crippen molar-refractivity contribution in [3.05, 3.63) is 95.3 Å². The van der Waals surface area contributed by atoms with Gasteiger partial charge < -0.3 is 24.6 Å². The van der Waals surface area contributed by atoms with Crippen LogP contribution in [0.25, 0.3) is 0 Å². The summed E-state index contributed by atoms with van der Waals surface area (Å²) in [5.41, 5.74) is 1.59. The van der Waals surface area contributed by atoms with Crippen molar-refractivity contribution in [1.82, 2.24) is 9.80 Å². The number of hydrogen-bond donors (Lipinski definition) is 1. The van der Waals surface area contributed by atoms with Gasteiger partial charge in [-0.2, -0.15) is 0 Å². The second-order valence-electron chi connectivity index (χ2n) is 10.5. The molecule has 3 aromatic rings. The number of methoxy groups -OCH3 is 1. The molecule has 0 bridgehead atoms. The van der Waals surface area contributed by atoms with Crippen LogP contribution >= 0.6 is 0 Å². The van der Waals surface area contributed by atoms with Crippen LogP contribution in [0.2, 0.25) is 0 Å². The number of rotatable bonds is 5. The van der Waals surface area contributed by atoms with Crippen molar-refractivity contribution in [2.75, 3.05) is 39.2 Å². The first kappa shape index (κ1) is 29.7. The van der Waals surface area contributed by atoms with Crippen LogP contribution in [-0.4, -0.2) is 73.5 Å². The van der Waals surface area contributed by atoms with Gasteiger partial charge in [0.15, 0.2) is 0 Å². The van der Waals surface area contributed by atoms with E-state index in [1.54, 1.807) is 49.4 Å². The molecular weight excluding hydrogens is 525 g/mol. The molecule has 4 rings (SSSR count). The van der Waals surface area contributed by atoms with Gasteiger partial charge in [-0.15, -0.1) is 0 Å². The molecule has 0 fully saturated rings. The van der Waals surface area contributed by atoms with Crippen molar-refractivity contribution in [2.24, 2.45) is 5.92 Å². The van der Waals surface area contributed by atoms with Gasteiger partial charge in [0.1, 0.15) is 18.2 Å². The molecule has 1 aliphatic rings. The third-order valence-corrected chi connectivity index (χ3v) is 7.30. The van der Waals surface area contributed by atoms with E-state index in [0.717, 1.165) is 5.56 Å². The van der Waals surface area contributed by atoms with Crippen LogP contribution in [0, 0.1) is 11.7 Å². The number of nitrogens with one attached hydrogen (secondary N) is 1. The lowest BCUT2D eigenvalue weighted by atomic mass is 10.0. The predicted octanol–water partition coefficient (Wildman–Crippen LogP) is 4.65. The number of carbonyl (C=O) groups is 3. The molecule has 0 aliphatic carbocycles. The Hall–Kier alpha value is -4.24. The van der Waals surface area contributed by atoms with Crippen molar-refractivity contribution in [3.63, 3.8) is 0 Å². The lowest BCUT2D eigenvalue weighted by molar-refractivity contribution is -0.115. The highest BCUT2D eigenvalue weighted by Crippen LogP contribution is 2.27. The number of fused-ring (bicyclic) bond motifs is 1. The van der Waals surface area contributed by atoms with E-state index < -0.39 is 23.9 Å². The van der Waals surface area contributed by atoms with Gasteiger partial charge >= 0.3 is 0 Å². The van der Waals surface area contributed by atoms with E-state index in [-0.39, 0.29) is 55.0 Å². The van der Waals surface area contributed by atoms with E-state index in [4.69, 9.17) is 9.47 Å². The van der Waals surface area contributed by atoms with Gasteiger partial charge in [0.2, 0.25) is 5.91 Å². The molecule has 9 heteroatoms. The van der Waals surface area contributed by atoms with Gasteiger partial charge in [0.25, 0.3) is 11.8 Å². The fourth-order valence-electron chi connectivity index (χ4n) is 4.91. The smallest absolute Gasteiger partial charge is 0.257 e. The average Bonchev–Trinajstić information content (AvgIpc) is 2.97. The summed E-state index contributed by atoms with van der Waals surface area (Å²) in [5.74, 6) is -1.41. The maximum absolute atomic E-state index is 14.6. The summed E-state index contributed by atoms with van der Waals surface area (Å²) in [6.45, 7) is 4.34. The van der Waals surface area contributed by atoms with Crippen molar-refractivity contribution in [2.45, 2.75) is 32.4 Å². The van der Waals surface area contributed by atoms with Crippen LogP contribution in [0.4, 0.5) is 10.1 Å². The number of halogens is 1. The predicted molar refractivity (Wildman–Crippen MR) is 155 cm³/mol. The maximum Gasteiger partial charge on any atom is 0.257 e. The molecule has 3 atom stereocenters. The third kappa shape index (κ3) is 7.29. The summed E-state index contributed by atoms with van der Waals surface area (Å²) < 4.78 is 26.4. The third-order valence-electron chi connectivity index (χ3n) is 7.30. The van der Waals surface area contributed by atoms with Crippen LogP contribution in [0.15, 0.2) is 72.8 Å². The summed E-state index contributed by atoms with van der Waals surface area (Å²) in [6, 6.07) is 19.7. The Labute approximate surface area is 240 Å². The number of carbonyl (C=O) groups excluding carboxylic acids is 3. The Morgan fingerprint density at radius 2 is 1.73 bits per heavy atom. The summed E-state index contributed by atoms with van der Waals surface area (Å²) in [5, 5.41) is 2.87. The fourth-order valence-corrected chi connectivity index (χ4v) is 4.91. The van der Waals surface area contributed by atoms with E-state index in [1.165, 1.54) is 17.0 Å². The number of hydrogen-bond acceptors (Lipinski definition) is 5. The molecule has 3 amide bonds. The summed E-state index contributed by atoms with van der Waals surface area (Å²) in [6.07, 6.45) is -0.205. The lowest BCUT2D eigenvalue weighted by Gasteiger charge is -2.36. The molecule has 1 N–H and O–H groups in total. The maximum atomic E-state index is 14.6. The number of anilines is 1. The number of nitrogens with zero attached hydrogens (tertiary/aromatic N) is 2. The Morgan fingerprint density at radius 1 is 1.02 bits per heavy atom. The van der Waals surface area contributed by atoms with Crippen LogP contribution in [0.1, 0.15) is 40.1 Å². The molecule has 0 unspecified atom stereocenters. The second kappa shape index (κ2) is 13.4. The minimum Gasteiger partial charge on any atom is -0.491 e. The number of benzene rings is 3. The number of ether oxygens (including phenoxy) is 2. The average molecular weight is 562 g/mol. The van der Waals surface area contributed by atoms with E-state index >= 15 is 0 Å². The quantitative estimate of drug-likeness (QED) is 0.490. The van der Waals surface area contributed by atoms with Gasteiger partial charge in [0, 0.05) is 38.9 Å². The Bertz CT molecular complexity index is 1380. The van der Waals surface area contributed by atoms with Gasteiger partial charge in [-0.3, -0.25) is 14.4 Å². The van der Waals surface area contributed by atoms with Crippen molar-refractivity contribution >= 4 is 23.4 Å². The molecule has 0 aromatic heterocycles. The number of amides is 3. The largest absolute Gasteiger partial charge is 0.491 e. The highest BCUT2D eigenvalue weighted by atomic mass is 19.1. The molecule has 0 saturated carbocycles. The first-order chi connectivity index (χ1) is 19.7. The molecule has 1 heterocycles. The molecule has 216 valence electrons. The molecule has 0 spiro atoms. The van der Waals surface area contributed by atoms with Crippen molar-refractivity contribution in [3.8, 4) is 5.75 Å². The zero-order chi connectivity index (χ0) is 29.5. The van der Waals surface area contributed by atoms with Gasteiger partial charge in [-0.25, -0.2) is 4.39 Å². The summed E-state index contributed by atoms with van der Waals surface area (Å²) in [4.78, 5) is 42.9. The van der Waals surface area contributed by atoms with E-state index in [9.17, 15) is 18.8 Å². The van der Waals surface area contributed by atoms with Gasteiger partial charge in [0.05, 0.1) is 29.7 Å². The summed E-state index contributed by atoms with van der Waals surface area (Å²) >= 11 is 0. The van der Waals surface area contributed by atoms with Crippen molar-refractivity contribution < 1.29 is 28.2 Å². The van der Waals surface area contributed by atoms with Crippen LogP contribution in [-0.2, 0) is 16.0 Å². The molecule has 3 aromatic carbocycles.